The largest absolute Gasteiger partial charge is 0.466 e. The Labute approximate surface area is 87.2 Å². The highest BCUT2D eigenvalue weighted by Gasteiger charge is 2.10. The predicted octanol–water partition coefficient (Wildman–Crippen LogP) is 0.348. The van der Waals surface area contributed by atoms with Gasteiger partial charge in [0, 0.05) is 0 Å². The van der Waals surface area contributed by atoms with Crippen LogP contribution < -0.4 is 0 Å². The fourth-order valence-corrected chi connectivity index (χ4v) is 1.72. The van der Waals surface area contributed by atoms with Crippen LogP contribution in [0.3, 0.4) is 0 Å². The van der Waals surface area contributed by atoms with Gasteiger partial charge in [-0.2, -0.15) is 0 Å². The molecule has 0 aromatic carbocycles. The number of hydrogen-bond acceptors (Lipinski definition) is 4. The molecule has 0 aliphatic heterocycles. The van der Waals surface area contributed by atoms with Crippen molar-refractivity contribution >= 4 is 26.3 Å². The Kier molecular flexibility index (Phi) is 9.58. The molecule has 4 N–H and O–H groups in total. The highest BCUT2D eigenvalue weighted by molar-refractivity contribution is 8.07. The van der Waals surface area contributed by atoms with Crippen LogP contribution in [0.5, 0.6) is 0 Å². The van der Waals surface area contributed by atoms with E-state index < -0.39 is 14.5 Å². The Morgan fingerprint density at radius 2 is 1.29 bits per heavy atom. The first-order valence-corrected chi connectivity index (χ1v) is 7.68. The predicted molar refractivity (Wildman–Crippen MR) is 54.0 cm³/mol. The molecule has 0 aromatic rings. The second-order valence-electron chi connectivity index (χ2n) is 1.82. The van der Waals surface area contributed by atoms with E-state index in [4.69, 9.17) is 33.2 Å². The van der Waals surface area contributed by atoms with Crippen LogP contribution in [-0.4, -0.2) is 32.8 Å². The molecule has 0 unspecified atom stereocenters. The summed E-state index contributed by atoms with van der Waals surface area (Å²) < 4.78 is 18.3. The van der Waals surface area contributed by atoms with Gasteiger partial charge in [-0.3, -0.25) is 0 Å². The van der Waals surface area contributed by atoms with Crippen molar-refractivity contribution in [3.05, 3.63) is 0 Å². The van der Waals surface area contributed by atoms with Gasteiger partial charge in [-0.1, -0.05) is 0 Å². The molecule has 0 saturated heterocycles. The van der Waals surface area contributed by atoms with E-state index in [2.05, 4.69) is 11.8 Å². The van der Waals surface area contributed by atoms with Crippen molar-refractivity contribution in [1.29, 1.82) is 0 Å². The van der Waals surface area contributed by atoms with E-state index in [-0.39, 0.29) is 0 Å². The summed E-state index contributed by atoms with van der Waals surface area (Å²) in [5, 5.41) is 0. The summed E-state index contributed by atoms with van der Waals surface area (Å²) in [4.78, 5) is 30.6. The molecule has 88 valence electrons. The Bertz CT molecular complexity index is 207. The average Bonchev–Trinajstić information content (AvgIpc) is 1.81. The third-order valence-electron chi connectivity index (χ3n) is 0.584. The van der Waals surface area contributed by atoms with E-state index in [1.54, 1.807) is 13.8 Å². The Morgan fingerprint density at radius 1 is 1.07 bits per heavy atom. The van der Waals surface area contributed by atoms with Crippen LogP contribution in [0.25, 0.3) is 0 Å². The molecule has 14 heavy (non-hydrogen) atoms. The van der Waals surface area contributed by atoms with Crippen molar-refractivity contribution in [2.45, 2.75) is 13.8 Å². The number of phosphoric acid groups is 1. The Hall–Kier alpha value is 0.640. The van der Waals surface area contributed by atoms with Crippen LogP contribution in [-0.2, 0) is 25.4 Å². The lowest BCUT2D eigenvalue weighted by atomic mass is 10.9. The minimum absolute atomic E-state index is 0.397. The second-order valence-corrected chi connectivity index (χ2v) is 5.68. The summed E-state index contributed by atoms with van der Waals surface area (Å²) in [5.41, 5.74) is 0. The van der Waals surface area contributed by atoms with Gasteiger partial charge in [0.1, 0.15) is 0 Å². The lowest BCUT2D eigenvalue weighted by molar-refractivity contribution is 0.212. The smallest absolute Gasteiger partial charge is 0.324 e. The maximum atomic E-state index is 9.00. The van der Waals surface area contributed by atoms with E-state index in [0.717, 1.165) is 0 Å². The number of hydrogen-bond donors (Lipinski definition) is 4. The van der Waals surface area contributed by atoms with Gasteiger partial charge in [0.25, 0.3) is 0 Å². The topological polar surface area (TPSA) is 116 Å². The summed E-state index contributed by atoms with van der Waals surface area (Å²) in [6.07, 6.45) is 0. The van der Waals surface area contributed by atoms with Crippen LogP contribution in [0.4, 0.5) is 0 Å². The molecule has 0 saturated carbocycles. The molecule has 0 amide bonds. The molecule has 0 aliphatic carbocycles. The molecule has 0 aliphatic rings. The van der Waals surface area contributed by atoms with E-state index >= 15 is 0 Å². The zero-order valence-electron chi connectivity index (χ0n) is 7.73. The van der Waals surface area contributed by atoms with Crippen molar-refractivity contribution in [2.24, 2.45) is 0 Å². The molecule has 0 atom stereocenters. The summed E-state index contributed by atoms with van der Waals surface area (Å²) in [7, 11) is -4.64. The summed E-state index contributed by atoms with van der Waals surface area (Å²) >= 11 is 4.56. The van der Waals surface area contributed by atoms with Crippen LogP contribution >= 0.6 is 14.5 Å². The first-order chi connectivity index (χ1) is 6.12. The summed E-state index contributed by atoms with van der Waals surface area (Å²) in [6, 6.07) is 0. The third-order valence-corrected chi connectivity index (χ3v) is 2.39. The van der Waals surface area contributed by atoms with Gasteiger partial charge in [-0.25, -0.2) is 4.57 Å². The van der Waals surface area contributed by atoms with Gasteiger partial charge in [0.15, 0.2) is 0 Å². The molecule has 10 heteroatoms. The van der Waals surface area contributed by atoms with Gasteiger partial charge < -0.3 is 28.6 Å². The van der Waals surface area contributed by atoms with Crippen molar-refractivity contribution < 1.29 is 33.2 Å². The van der Waals surface area contributed by atoms with Gasteiger partial charge >= 0.3 is 14.5 Å². The maximum absolute atomic E-state index is 9.00. The molecule has 0 aromatic heterocycles. The van der Waals surface area contributed by atoms with Crippen LogP contribution in [0.2, 0.25) is 0 Å². The van der Waals surface area contributed by atoms with Crippen molar-refractivity contribution in [1.82, 2.24) is 0 Å². The van der Waals surface area contributed by atoms with Crippen LogP contribution in [0, 0.1) is 0 Å². The minimum atomic E-state index is -4.64. The zero-order valence-corrected chi connectivity index (χ0v) is 10.3. The van der Waals surface area contributed by atoms with E-state index in [9.17, 15) is 0 Å². The molecule has 0 fully saturated rings. The Morgan fingerprint density at radius 3 is 1.43 bits per heavy atom. The Balaban J connectivity index is 0. The fourth-order valence-electron chi connectivity index (χ4n) is 0.364. The molecule has 0 bridgehead atoms. The summed E-state index contributed by atoms with van der Waals surface area (Å²) in [5.74, 6) is 0. The van der Waals surface area contributed by atoms with Gasteiger partial charge in [-0.05, 0) is 25.7 Å². The SMILES string of the molecule is CCOP(O)(=S)OCC.O=P(O)(O)O. The lowest BCUT2D eigenvalue weighted by Gasteiger charge is -2.12. The highest BCUT2D eigenvalue weighted by Crippen LogP contribution is 2.42. The molecule has 0 spiro atoms. The molecular weight excluding hydrogens is 254 g/mol. The maximum Gasteiger partial charge on any atom is 0.466 e. The van der Waals surface area contributed by atoms with Gasteiger partial charge in [0.2, 0.25) is 0 Å². The molecule has 0 heterocycles. The monoisotopic (exact) mass is 268 g/mol. The van der Waals surface area contributed by atoms with Crippen LogP contribution in [0.1, 0.15) is 13.8 Å². The molecule has 7 nitrogen and oxygen atoms in total. The fraction of sp³-hybridized carbons (Fsp3) is 1.00. The quantitative estimate of drug-likeness (QED) is 0.539. The molecule has 0 rings (SSSR count). The van der Waals surface area contributed by atoms with E-state index in [1.165, 1.54) is 0 Å². The molecular formula is C4H14O7P2S. The normalized spacial score (nSPS) is 11.9. The lowest BCUT2D eigenvalue weighted by Crippen LogP contribution is -1.92. The van der Waals surface area contributed by atoms with Crippen molar-refractivity contribution in [2.75, 3.05) is 13.2 Å². The minimum Gasteiger partial charge on any atom is -0.324 e. The van der Waals surface area contributed by atoms with Crippen LogP contribution in [0.15, 0.2) is 0 Å². The zero-order chi connectivity index (χ0) is 11.8. The molecule has 0 radical (unpaired) electrons. The van der Waals surface area contributed by atoms with Gasteiger partial charge in [-0.15, -0.1) is 0 Å². The first kappa shape index (κ1) is 17.0. The van der Waals surface area contributed by atoms with Crippen molar-refractivity contribution in [3.63, 3.8) is 0 Å². The van der Waals surface area contributed by atoms with Gasteiger partial charge in [0.05, 0.1) is 13.2 Å². The van der Waals surface area contributed by atoms with E-state index in [0.29, 0.717) is 13.2 Å². The highest BCUT2D eigenvalue weighted by atomic mass is 32.5. The van der Waals surface area contributed by atoms with Crippen molar-refractivity contribution in [3.8, 4) is 0 Å². The first-order valence-electron chi connectivity index (χ1n) is 3.52. The third kappa shape index (κ3) is 22.9. The van der Waals surface area contributed by atoms with E-state index in [1.807, 2.05) is 0 Å². The number of rotatable bonds is 4. The second kappa shape index (κ2) is 7.87. The standard InChI is InChI=1S/C4H11O3PS.H3O4P/c1-3-6-8(5,9)7-4-2;1-5(2,3)4/h3-4H2,1-2H3,(H,5,9);(H3,1,2,3,4). The average molecular weight is 268 g/mol. The summed E-state index contributed by atoms with van der Waals surface area (Å²) in [6.45, 7) is 1.45.